The van der Waals surface area contributed by atoms with Crippen LogP contribution in [-0.2, 0) is 28.2 Å². The number of fused-ring (bicyclic) bond motifs is 3. The lowest BCUT2D eigenvalue weighted by molar-refractivity contribution is -0.136. The third-order valence-corrected chi connectivity index (χ3v) is 13.0. The lowest BCUT2D eigenvalue weighted by atomic mass is 9.98. The van der Waals surface area contributed by atoms with Crippen LogP contribution in [0.2, 0.25) is 0 Å². The number of hydrogen-bond acceptors (Lipinski definition) is 13. The molecule has 0 bridgehead atoms. The highest BCUT2D eigenvalue weighted by atomic mass is 16.3. The topological polar surface area (TPSA) is 191 Å². The summed E-state index contributed by atoms with van der Waals surface area (Å²) < 4.78 is 3.21. The maximum absolute atomic E-state index is 13.5. The molecule has 61 heavy (non-hydrogen) atoms. The van der Waals surface area contributed by atoms with Crippen LogP contribution in [0.1, 0.15) is 64.6 Å². The fourth-order valence-corrected chi connectivity index (χ4v) is 9.40. The van der Waals surface area contributed by atoms with Crippen molar-refractivity contribution in [3.05, 3.63) is 106 Å². The van der Waals surface area contributed by atoms with Crippen molar-refractivity contribution in [3.8, 4) is 5.82 Å². The van der Waals surface area contributed by atoms with Crippen molar-refractivity contribution < 1.29 is 24.3 Å². The van der Waals surface area contributed by atoms with E-state index in [4.69, 9.17) is 9.97 Å². The van der Waals surface area contributed by atoms with Gasteiger partial charge in [0, 0.05) is 75.0 Å². The summed E-state index contributed by atoms with van der Waals surface area (Å²) in [7, 11) is 0. The van der Waals surface area contributed by atoms with E-state index >= 15 is 0 Å². The van der Waals surface area contributed by atoms with E-state index in [0.717, 1.165) is 73.2 Å². The second-order valence-electron chi connectivity index (χ2n) is 16.4. The number of carbonyl (C=O) groups is 4. The Labute approximate surface area is 350 Å². The first kappa shape index (κ1) is 38.5. The number of piperazine rings is 1. The molecule has 4 amide bonds. The predicted octanol–water partition coefficient (Wildman–Crippen LogP) is 2.86. The van der Waals surface area contributed by atoms with Gasteiger partial charge in [-0.25, -0.2) is 19.3 Å². The van der Waals surface area contributed by atoms with E-state index < -0.39 is 35.3 Å². The molecule has 0 saturated carbocycles. The standard InChI is InChI=1S/C44H45N11O6/c1-3-17-53-40(58)33-23-45-43(49-38(33)55(53)35-13-5-26-15-16-44(61,4-2)37(26)47-35)46-27-6-8-28(9-7-27)52-24-30(25-52)51-20-18-50(19-21-51)29-10-11-31-32(22-29)42(60)54(41(31)59)34-12-14-36(56)48-39(34)57/h3,5-11,13,22-23,30,34,61H,1,4,12,14-21,24-25H2,2H3,(H,45,46,49)(H,48,56,57)/t34?,44-/m1/s1. The number of aromatic nitrogens is 5. The van der Waals surface area contributed by atoms with Crippen molar-refractivity contribution >= 4 is 57.7 Å². The number of nitrogens with one attached hydrogen (secondary N) is 2. The molecule has 5 aromatic rings. The lowest BCUT2D eigenvalue weighted by Crippen LogP contribution is -2.63. The van der Waals surface area contributed by atoms with E-state index in [-0.39, 0.29) is 30.5 Å². The minimum atomic E-state index is -1.01. The Morgan fingerprint density at radius 2 is 1.66 bits per heavy atom. The van der Waals surface area contributed by atoms with Crippen LogP contribution in [0.25, 0.3) is 16.9 Å². The molecule has 0 radical (unpaired) electrons. The van der Waals surface area contributed by atoms with Gasteiger partial charge in [-0.3, -0.25) is 39.1 Å². The summed E-state index contributed by atoms with van der Waals surface area (Å²) in [5, 5.41) is 17.1. The van der Waals surface area contributed by atoms with E-state index in [0.29, 0.717) is 52.9 Å². The number of piperidine rings is 1. The predicted molar refractivity (Wildman–Crippen MR) is 226 cm³/mol. The molecule has 1 aliphatic carbocycles. The third kappa shape index (κ3) is 6.46. The average molecular weight is 824 g/mol. The number of rotatable bonds is 10. The van der Waals surface area contributed by atoms with E-state index in [1.165, 1.54) is 10.9 Å². The lowest BCUT2D eigenvalue weighted by Gasteiger charge is -2.49. The van der Waals surface area contributed by atoms with Gasteiger partial charge in [-0.05, 0) is 79.8 Å². The van der Waals surface area contributed by atoms with Crippen LogP contribution in [0.3, 0.4) is 0 Å². The minimum absolute atomic E-state index is 0.0822. The highest BCUT2D eigenvalue weighted by Gasteiger charge is 2.45. The number of allylic oxidation sites excluding steroid dienone is 1. The van der Waals surface area contributed by atoms with Gasteiger partial charge in [0.2, 0.25) is 17.8 Å². The van der Waals surface area contributed by atoms with Crippen LogP contribution in [-0.4, -0.2) is 114 Å². The maximum Gasteiger partial charge on any atom is 0.278 e. The summed E-state index contributed by atoms with van der Waals surface area (Å²) in [4.78, 5) is 86.3. The van der Waals surface area contributed by atoms with Crippen molar-refractivity contribution in [2.24, 2.45) is 0 Å². The van der Waals surface area contributed by atoms with E-state index in [1.54, 1.807) is 22.9 Å². The Hall–Kier alpha value is -6.72. The molecule has 1 unspecified atom stereocenters. The molecule has 7 heterocycles. The van der Waals surface area contributed by atoms with Gasteiger partial charge in [0.1, 0.15) is 17.0 Å². The minimum Gasteiger partial charge on any atom is -0.384 e. The third-order valence-electron chi connectivity index (χ3n) is 13.0. The number of anilines is 4. The van der Waals surface area contributed by atoms with Crippen molar-refractivity contribution in [2.75, 3.05) is 54.4 Å². The molecule has 2 aromatic carbocycles. The van der Waals surface area contributed by atoms with Crippen LogP contribution < -0.4 is 26.0 Å². The normalized spacial score (nSPS) is 21.8. The number of benzene rings is 2. The number of nitrogens with zero attached hydrogens (tertiary/aromatic N) is 9. The highest BCUT2D eigenvalue weighted by molar-refractivity contribution is 6.23. The summed E-state index contributed by atoms with van der Waals surface area (Å²) in [6, 6.07) is 16.6. The molecule has 3 saturated heterocycles. The molecule has 3 aromatic heterocycles. The molecule has 3 fully saturated rings. The number of aryl methyl sites for hydroxylation is 1. The molecule has 2 atom stereocenters. The smallest absolute Gasteiger partial charge is 0.278 e. The number of aliphatic hydroxyl groups is 1. The van der Waals surface area contributed by atoms with E-state index in [2.05, 4.69) is 49.0 Å². The molecule has 17 nitrogen and oxygen atoms in total. The number of hydrogen-bond donors (Lipinski definition) is 3. The molecule has 10 rings (SSSR count). The van der Waals surface area contributed by atoms with Crippen molar-refractivity contribution in [1.29, 1.82) is 0 Å². The summed E-state index contributed by atoms with van der Waals surface area (Å²) in [6.45, 7) is 11.1. The first-order valence-corrected chi connectivity index (χ1v) is 20.8. The van der Waals surface area contributed by atoms with Gasteiger partial charge in [-0.2, -0.15) is 4.98 Å². The Bertz CT molecular complexity index is 2710. The van der Waals surface area contributed by atoms with Crippen LogP contribution in [0.15, 0.2) is 78.2 Å². The van der Waals surface area contributed by atoms with E-state index in [1.807, 2.05) is 37.3 Å². The number of pyridine rings is 1. The summed E-state index contributed by atoms with van der Waals surface area (Å²) in [6.07, 6.45) is 5.29. The van der Waals surface area contributed by atoms with Gasteiger partial charge in [0.15, 0.2) is 11.5 Å². The van der Waals surface area contributed by atoms with Gasteiger partial charge >= 0.3 is 0 Å². The Kier molecular flexibility index (Phi) is 9.32. The Balaban J connectivity index is 0.768. The van der Waals surface area contributed by atoms with Crippen molar-refractivity contribution in [3.63, 3.8) is 0 Å². The fraction of sp³-hybridized carbons (Fsp3) is 0.364. The molecular formula is C44H45N11O6. The Morgan fingerprint density at radius 3 is 2.39 bits per heavy atom. The largest absolute Gasteiger partial charge is 0.384 e. The van der Waals surface area contributed by atoms with Gasteiger partial charge in [-0.1, -0.05) is 19.1 Å². The van der Waals surface area contributed by atoms with Crippen LogP contribution >= 0.6 is 0 Å². The van der Waals surface area contributed by atoms with Gasteiger partial charge in [0.05, 0.1) is 23.4 Å². The van der Waals surface area contributed by atoms with Gasteiger partial charge in [-0.15, -0.1) is 6.58 Å². The number of carbonyl (C=O) groups excluding carboxylic acids is 4. The summed E-state index contributed by atoms with van der Waals surface area (Å²) in [5.41, 5.74) is 4.11. The fourth-order valence-electron chi connectivity index (χ4n) is 9.40. The second-order valence-corrected chi connectivity index (χ2v) is 16.4. The van der Waals surface area contributed by atoms with Gasteiger partial charge < -0.3 is 20.2 Å². The molecular weight excluding hydrogens is 779 g/mol. The zero-order chi connectivity index (χ0) is 42.2. The molecule has 3 N–H and O–H groups in total. The average Bonchev–Trinajstić information content (AvgIpc) is 3.82. The van der Waals surface area contributed by atoms with Crippen LogP contribution in [0, 0.1) is 0 Å². The summed E-state index contributed by atoms with van der Waals surface area (Å²) >= 11 is 0. The van der Waals surface area contributed by atoms with Crippen LogP contribution in [0.4, 0.5) is 23.0 Å². The number of imide groups is 2. The molecule has 4 aliphatic heterocycles. The first-order chi connectivity index (χ1) is 29.5. The molecule has 5 aliphatic rings. The van der Waals surface area contributed by atoms with Crippen LogP contribution in [0.5, 0.6) is 0 Å². The Morgan fingerprint density at radius 1 is 0.902 bits per heavy atom. The zero-order valence-electron chi connectivity index (χ0n) is 33.7. The highest BCUT2D eigenvalue weighted by Crippen LogP contribution is 2.39. The first-order valence-electron chi connectivity index (χ1n) is 20.8. The zero-order valence-corrected chi connectivity index (χ0v) is 33.7. The second kappa shape index (κ2) is 14.8. The monoisotopic (exact) mass is 823 g/mol. The molecule has 17 heteroatoms. The maximum atomic E-state index is 13.5. The SMILES string of the molecule is C=CCn1c(=O)c2cnc(Nc3ccc(N4CC(N5CCN(c6ccc7c(c6)C(=O)N(C6CCC(=O)NC6=O)C7=O)CC5)C4)cc3)nc2n1-c1ccc2c(n1)[C@@](O)(CC)CC2. The van der Waals surface area contributed by atoms with Crippen molar-refractivity contribution in [2.45, 2.75) is 63.3 Å². The van der Waals surface area contributed by atoms with Crippen molar-refractivity contribution in [1.82, 2.24) is 39.4 Å². The number of amides is 4. The van der Waals surface area contributed by atoms with Gasteiger partial charge in [0.25, 0.3) is 17.4 Å². The summed E-state index contributed by atoms with van der Waals surface area (Å²) in [5.74, 6) is -1.20. The molecule has 312 valence electrons. The molecule has 0 spiro atoms. The quantitative estimate of drug-likeness (QED) is 0.138. The van der Waals surface area contributed by atoms with E-state index in [9.17, 15) is 29.1 Å².